The summed E-state index contributed by atoms with van der Waals surface area (Å²) in [7, 11) is 0. The van der Waals surface area contributed by atoms with Crippen LogP contribution < -0.4 is 4.74 Å². The number of ether oxygens (including phenoxy) is 1. The van der Waals surface area contributed by atoms with E-state index in [-0.39, 0.29) is 5.75 Å². The smallest absolute Gasteiger partial charge is 0.123 e. The zero-order valence-electron chi connectivity index (χ0n) is 10.8. The minimum Gasteiger partial charge on any atom is -0.508 e. The molecule has 0 saturated heterocycles. The molecule has 0 spiro atoms. The normalized spacial score (nSPS) is 10.3. The van der Waals surface area contributed by atoms with Crippen LogP contribution in [0.2, 0.25) is 0 Å². The number of hydrogen-bond acceptors (Lipinski definition) is 2. The Bertz CT molecular complexity index is 495. The van der Waals surface area contributed by atoms with Gasteiger partial charge in [-0.1, -0.05) is 31.2 Å². The lowest BCUT2D eigenvalue weighted by Gasteiger charge is -2.08. The molecule has 0 heterocycles. The van der Waals surface area contributed by atoms with Crippen molar-refractivity contribution in [2.24, 2.45) is 0 Å². The molecule has 0 aromatic heterocycles. The fourth-order valence-electron chi connectivity index (χ4n) is 1.85. The van der Waals surface area contributed by atoms with Crippen molar-refractivity contribution in [1.82, 2.24) is 0 Å². The number of rotatable bonds is 4. The molecule has 1 N–H and O–H groups in total. The monoisotopic (exact) mass is 242 g/mol. The summed E-state index contributed by atoms with van der Waals surface area (Å²) in [5, 5.41) is 9.48. The van der Waals surface area contributed by atoms with Crippen molar-refractivity contribution in [2.45, 2.75) is 26.9 Å². The zero-order chi connectivity index (χ0) is 13.0. The molecule has 18 heavy (non-hydrogen) atoms. The highest BCUT2D eigenvalue weighted by Gasteiger charge is 1.99. The molecular weight excluding hydrogens is 224 g/mol. The van der Waals surface area contributed by atoms with Gasteiger partial charge in [0.25, 0.3) is 0 Å². The first-order valence-corrected chi connectivity index (χ1v) is 6.18. The Labute approximate surface area is 108 Å². The molecule has 0 bridgehead atoms. The molecule has 0 atom stereocenters. The third kappa shape index (κ3) is 3.27. The van der Waals surface area contributed by atoms with Gasteiger partial charge in [0.15, 0.2) is 0 Å². The van der Waals surface area contributed by atoms with Crippen LogP contribution in [0.15, 0.2) is 42.5 Å². The number of hydrogen-bond donors (Lipinski definition) is 1. The van der Waals surface area contributed by atoms with Crippen molar-refractivity contribution in [1.29, 1.82) is 0 Å². The maximum absolute atomic E-state index is 9.48. The number of benzene rings is 2. The van der Waals surface area contributed by atoms with E-state index in [2.05, 4.69) is 31.2 Å². The lowest BCUT2D eigenvalue weighted by Crippen LogP contribution is -1.96. The minimum atomic E-state index is 0.242. The molecule has 2 aromatic rings. The van der Waals surface area contributed by atoms with E-state index in [0.29, 0.717) is 12.4 Å². The standard InChI is InChI=1S/C16H18O2/c1-3-13-4-6-14(7-5-13)11-18-16-9-12(2)8-15(17)10-16/h4-10,17H,3,11H2,1-2H3. The van der Waals surface area contributed by atoms with E-state index in [4.69, 9.17) is 4.74 Å². The second-order valence-corrected chi connectivity index (χ2v) is 4.46. The maximum Gasteiger partial charge on any atom is 0.123 e. The fourth-order valence-corrected chi connectivity index (χ4v) is 1.85. The Balaban J connectivity index is 2.01. The van der Waals surface area contributed by atoms with Crippen LogP contribution in [0.4, 0.5) is 0 Å². The lowest BCUT2D eigenvalue weighted by atomic mass is 10.1. The second kappa shape index (κ2) is 5.58. The van der Waals surface area contributed by atoms with Crippen molar-refractivity contribution in [3.8, 4) is 11.5 Å². The molecule has 0 saturated carbocycles. The van der Waals surface area contributed by atoms with E-state index < -0.39 is 0 Å². The average molecular weight is 242 g/mol. The van der Waals surface area contributed by atoms with Crippen LogP contribution in [0.5, 0.6) is 11.5 Å². The summed E-state index contributed by atoms with van der Waals surface area (Å²) in [6.45, 7) is 4.59. The third-order valence-corrected chi connectivity index (χ3v) is 2.87. The van der Waals surface area contributed by atoms with E-state index >= 15 is 0 Å². The van der Waals surface area contributed by atoms with Gasteiger partial charge in [0.05, 0.1) is 0 Å². The van der Waals surface area contributed by atoms with Crippen LogP contribution in [-0.4, -0.2) is 5.11 Å². The first-order valence-electron chi connectivity index (χ1n) is 6.18. The van der Waals surface area contributed by atoms with Gasteiger partial charge < -0.3 is 9.84 Å². The predicted octanol–water partition coefficient (Wildman–Crippen LogP) is 3.84. The van der Waals surface area contributed by atoms with E-state index in [1.807, 2.05) is 13.0 Å². The average Bonchev–Trinajstić information content (AvgIpc) is 2.36. The highest BCUT2D eigenvalue weighted by atomic mass is 16.5. The summed E-state index contributed by atoms with van der Waals surface area (Å²) in [5.74, 6) is 0.943. The first kappa shape index (κ1) is 12.5. The maximum atomic E-state index is 9.48. The highest BCUT2D eigenvalue weighted by molar-refractivity contribution is 5.37. The summed E-state index contributed by atoms with van der Waals surface area (Å²) in [6.07, 6.45) is 1.05. The zero-order valence-corrected chi connectivity index (χ0v) is 10.8. The van der Waals surface area contributed by atoms with Crippen molar-refractivity contribution in [2.75, 3.05) is 0 Å². The predicted molar refractivity (Wildman–Crippen MR) is 73.0 cm³/mol. The summed E-state index contributed by atoms with van der Waals surface area (Å²) in [6, 6.07) is 13.7. The topological polar surface area (TPSA) is 29.5 Å². The largest absolute Gasteiger partial charge is 0.508 e. The van der Waals surface area contributed by atoms with Gasteiger partial charge in [-0.2, -0.15) is 0 Å². The SMILES string of the molecule is CCc1ccc(COc2cc(C)cc(O)c2)cc1. The van der Waals surface area contributed by atoms with Crippen LogP contribution in [0.25, 0.3) is 0 Å². The number of phenols is 1. The van der Waals surface area contributed by atoms with E-state index in [1.54, 1.807) is 12.1 Å². The molecular formula is C16H18O2. The molecule has 2 rings (SSSR count). The minimum absolute atomic E-state index is 0.242. The van der Waals surface area contributed by atoms with Gasteiger partial charge in [-0.3, -0.25) is 0 Å². The first-order chi connectivity index (χ1) is 8.67. The summed E-state index contributed by atoms with van der Waals surface area (Å²) in [4.78, 5) is 0. The molecule has 0 radical (unpaired) electrons. The molecule has 2 nitrogen and oxygen atoms in total. The van der Waals surface area contributed by atoms with Gasteiger partial charge in [0.2, 0.25) is 0 Å². The molecule has 0 amide bonds. The Hall–Kier alpha value is -1.96. The summed E-state index contributed by atoms with van der Waals surface area (Å²) < 4.78 is 5.67. The van der Waals surface area contributed by atoms with E-state index in [0.717, 1.165) is 17.5 Å². The van der Waals surface area contributed by atoms with Crippen molar-refractivity contribution in [3.63, 3.8) is 0 Å². The van der Waals surface area contributed by atoms with Crippen molar-refractivity contribution < 1.29 is 9.84 Å². The fraction of sp³-hybridized carbons (Fsp3) is 0.250. The number of phenolic OH excluding ortho intramolecular Hbond substituents is 1. The molecule has 0 fully saturated rings. The molecule has 94 valence electrons. The van der Waals surface area contributed by atoms with Gasteiger partial charge in [-0.05, 0) is 42.2 Å². The van der Waals surface area contributed by atoms with Gasteiger partial charge in [-0.15, -0.1) is 0 Å². The van der Waals surface area contributed by atoms with Crippen LogP contribution in [-0.2, 0) is 13.0 Å². The Kier molecular flexibility index (Phi) is 3.88. The Morgan fingerprint density at radius 3 is 2.28 bits per heavy atom. The molecule has 0 aliphatic carbocycles. The van der Waals surface area contributed by atoms with E-state index in [9.17, 15) is 5.11 Å². The summed E-state index contributed by atoms with van der Waals surface area (Å²) >= 11 is 0. The number of aromatic hydroxyl groups is 1. The van der Waals surface area contributed by atoms with Crippen LogP contribution in [0, 0.1) is 6.92 Å². The molecule has 0 unspecified atom stereocenters. The van der Waals surface area contributed by atoms with Gasteiger partial charge in [0, 0.05) is 6.07 Å². The van der Waals surface area contributed by atoms with Gasteiger partial charge in [0.1, 0.15) is 18.1 Å². The highest BCUT2D eigenvalue weighted by Crippen LogP contribution is 2.22. The molecule has 0 aliphatic heterocycles. The van der Waals surface area contributed by atoms with Gasteiger partial charge >= 0.3 is 0 Å². The third-order valence-electron chi connectivity index (χ3n) is 2.87. The van der Waals surface area contributed by atoms with Crippen LogP contribution in [0.1, 0.15) is 23.6 Å². The molecule has 0 aliphatic rings. The van der Waals surface area contributed by atoms with Gasteiger partial charge in [-0.25, -0.2) is 0 Å². The van der Waals surface area contributed by atoms with Crippen LogP contribution >= 0.6 is 0 Å². The van der Waals surface area contributed by atoms with Crippen molar-refractivity contribution in [3.05, 3.63) is 59.2 Å². The lowest BCUT2D eigenvalue weighted by molar-refractivity contribution is 0.304. The van der Waals surface area contributed by atoms with Crippen LogP contribution in [0.3, 0.4) is 0 Å². The van der Waals surface area contributed by atoms with Crippen molar-refractivity contribution >= 4 is 0 Å². The molecule has 2 heteroatoms. The Morgan fingerprint density at radius 2 is 1.67 bits per heavy atom. The number of aryl methyl sites for hydroxylation is 2. The second-order valence-electron chi connectivity index (χ2n) is 4.46. The molecule has 2 aromatic carbocycles. The Morgan fingerprint density at radius 1 is 1.00 bits per heavy atom. The quantitative estimate of drug-likeness (QED) is 0.882. The van der Waals surface area contributed by atoms with E-state index in [1.165, 1.54) is 5.56 Å². The summed E-state index contributed by atoms with van der Waals surface area (Å²) in [5.41, 5.74) is 3.45.